The minimum Gasteiger partial charge on any atom is -0.378 e. The Kier molecular flexibility index (Phi) is 3.60. The molecular weight excluding hydrogens is 296 g/mol. The van der Waals surface area contributed by atoms with Crippen LogP contribution in [0.4, 0.5) is 11.4 Å². The molecule has 3 unspecified atom stereocenters. The molecule has 0 bridgehead atoms. The fourth-order valence-electron chi connectivity index (χ4n) is 2.75. The summed E-state index contributed by atoms with van der Waals surface area (Å²) in [6, 6.07) is 3.96. The molecule has 2 heterocycles. The van der Waals surface area contributed by atoms with Crippen molar-refractivity contribution < 1.29 is 9.90 Å². The number of halogens is 1. The average molecular weight is 313 g/mol. The van der Waals surface area contributed by atoms with Gasteiger partial charge in [0.2, 0.25) is 0 Å². The molecule has 1 saturated heterocycles. The molecule has 3 atom stereocenters. The van der Waals surface area contributed by atoms with Gasteiger partial charge >= 0.3 is 0 Å². The highest BCUT2D eigenvalue weighted by Gasteiger charge is 2.32. The molecular formula is C14H17ClN2O2S. The van der Waals surface area contributed by atoms with E-state index >= 15 is 0 Å². The molecule has 0 aromatic heterocycles. The van der Waals surface area contributed by atoms with E-state index in [9.17, 15) is 9.90 Å². The molecule has 2 N–H and O–H groups in total. The highest BCUT2D eigenvalue weighted by molar-refractivity contribution is 8.00. The van der Waals surface area contributed by atoms with Crippen LogP contribution >= 0.6 is 23.4 Å². The molecule has 4 nitrogen and oxygen atoms in total. The predicted octanol–water partition coefficient (Wildman–Crippen LogP) is 2.66. The van der Waals surface area contributed by atoms with E-state index < -0.39 is 6.10 Å². The van der Waals surface area contributed by atoms with Crippen molar-refractivity contribution in [2.24, 2.45) is 0 Å². The summed E-state index contributed by atoms with van der Waals surface area (Å²) in [4.78, 5) is 13.8. The largest absolute Gasteiger partial charge is 0.378 e. The molecule has 0 spiro atoms. The van der Waals surface area contributed by atoms with Gasteiger partial charge in [0.05, 0.1) is 10.7 Å². The number of amides is 1. The van der Waals surface area contributed by atoms with E-state index in [-0.39, 0.29) is 5.91 Å². The molecule has 108 valence electrons. The van der Waals surface area contributed by atoms with Gasteiger partial charge in [0.15, 0.2) is 6.10 Å². The van der Waals surface area contributed by atoms with Gasteiger partial charge in [0.1, 0.15) is 0 Å². The summed E-state index contributed by atoms with van der Waals surface area (Å²) in [5, 5.41) is 13.6. The van der Waals surface area contributed by atoms with E-state index in [0.717, 1.165) is 18.0 Å². The van der Waals surface area contributed by atoms with Crippen LogP contribution in [0.2, 0.25) is 5.02 Å². The molecule has 2 aliphatic heterocycles. The summed E-state index contributed by atoms with van der Waals surface area (Å²) in [6.07, 6.45) is -1.11. The Morgan fingerprint density at radius 1 is 1.45 bits per heavy atom. The van der Waals surface area contributed by atoms with E-state index in [4.69, 9.17) is 11.6 Å². The predicted molar refractivity (Wildman–Crippen MR) is 83.8 cm³/mol. The van der Waals surface area contributed by atoms with E-state index in [0.29, 0.717) is 27.6 Å². The minimum atomic E-state index is -1.11. The van der Waals surface area contributed by atoms with Crippen molar-refractivity contribution in [2.45, 2.75) is 31.2 Å². The maximum Gasteiger partial charge on any atom is 0.257 e. The second-order valence-electron chi connectivity index (χ2n) is 5.29. The first-order valence-electron chi connectivity index (χ1n) is 6.69. The average Bonchev–Trinajstić information content (AvgIpc) is 2.68. The van der Waals surface area contributed by atoms with E-state index in [1.807, 2.05) is 17.8 Å². The maximum absolute atomic E-state index is 11.5. The number of rotatable bonds is 1. The third kappa shape index (κ3) is 2.18. The number of nitrogens with one attached hydrogen (secondary N) is 1. The van der Waals surface area contributed by atoms with Crippen LogP contribution < -0.4 is 10.2 Å². The second-order valence-corrected chi connectivity index (χ2v) is 7.18. The van der Waals surface area contributed by atoms with Gasteiger partial charge in [-0.3, -0.25) is 4.79 Å². The molecule has 1 amide bonds. The highest BCUT2D eigenvalue weighted by Crippen LogP contribution is 2.41. The van der Waals surface area contributed by atoms with Gasteiger partial charge in [-0.1, -0.05) is 18.5 Å². The first kappa shape index (κ1) is 14.0. The van der Waals surface area contributed by atoms with Crippen LogP contribution in [-0.4, -0.2) is 34.6 Å². The van der Waals surface area contributed by atoms with E-state index in [1.54, 1.807) is 6.07 Å². The van der Waals surface area contributed by atoms with Crippen molar-refractivity contribution in [3.8, 4) is 0 Å². The number of hydrogen-bond donors (Lipinski definition) is 2. The number of anilines is 2. The highest BCUT2D eigenvalue weighted by atomic mass is 35.5. The Bertz CT molecular complexity index is 566. The first-order valence-corrected chi connectivity index (χ1v) is 8.12. The van der Waals surface area contributed by atoms with Gasteiger partial charge in [0, 0.05) is 34.8 Å². The van der Waals surface area contributed by atoms with Gasteiger partial charge in [0.25, 0.3) is 5.91 Å². The molecule has 20 heavy (non-hydrogen) atoms. The molecule has 1 fully saturated rings. The second kappa shape index (κ2) is 5.13. The van der Waals surface area contributed by atoms with Crippen LogP contribution in [0.5, 0.6) is 0 Å². The third-order valence-electron chi connectivity index (χ3n) is 4.11. The lowest BCUT2D eigenvalue weighted by molar-refractivity contribution is -0.123. The topological polar surface area (TPSA) is 52.6 Å². The van der Waals surface area contributed by atoms with Crippen molar-refractivity contribution >= 4 is 40.6 Å². The van der Waals surface area contributed by atoms with Gasteiger partial charge in [-0.15, -0.1) is 0 Å². The third-order valence-corrected chi connectivity index (χ3v) is 5.75. The number of benzene rings is 1. The normalized spacial score (nSPS) is 29.3. The zero-order valence-corrected chi connectivity index (χ0v) is 13.0. The summed E-state index contributed by atoms with van der Waals surface area (Å²) in [7, 11) is 0. The van der Waals surface area contributed by atoms with Crippen LogP contribution in [0.15, 0.2) is 12.1 Å². The fraction of sp³-hybridized carbons (Fsp3) is 0.500. The molecule has 1 aromatic rings. The zero-order valence-electron chi connectivity index (χ0n) is 11.4. The molecule has 0 saturated carbocycles. The van der Waals surface area contributed by atoms with Gasteiger partial charge in [-0.25, -0.2) is 0 Å². The van der Waals surface area contributed by atoms with Crippen molar-refractivity contribution in [1.82, 2.24) is 0 Å². The monoisotopic (exact) mass is 312 g/mol. The molecule has 0 aliphatic carbocycles. The summed E-state index contributed by atoms with van der Waals surface area (Å²) >= 11 is 8.33. The Morgan fingerprint density at radius 3 is 2.95 bits per heavy atom. The zero-order chi connectivity index (χ0) is 14.4. The van der Waals surface area contributed by atoms with E-state index in [1.165, 1.54) is 0 Å². The maximum atomic E-state index is 11.5. The number of fused-ring (bicyclic) bond motifs is 1. The smallest absolute Gasteiger partial charge is 0.257 e. The lowest BCUT2D eigenvalue weighted by Gasteiger charge is -2.39. The SMILES string of the molecule is CC1SCCN(c2cc3c(cc2Cl)C(O)C(=O)N3)C1C. The summed E-state index contributed by atoms with van der Waals surface area (Å²) < 4.78 is 0. The molecule has 0 radical (unpaired) electrons. The number of aliphatic hydroxyl groups excluding tert-OH is 1. The lowest BCUT2D eigenvalue weighted by atomic mass is 10.1. The lowest BCUT2D eigenvalue weighted by Crippen LogP contribution is -2.44. The Morgan fingerprint density at radius 2 is 2.20 bits per heavy atom. The minimum absolute atomic E-state index is 0.381. The molecule has 2 aliphatic rings. The number of aliphatic hydroxyl groups is 1. The van der Waals surface area contributed by atoms with Crippen molar-refractivity contribution in [2.75, 3.05) is 22.5 Å². The first-order chi connectivity index (χ1) is 9.49. The number of nitrogens with zero attached hydrogens (tertiary/aromatic N) is 1. The van der Waals surface area contributed by atoms with Gasteiger partial charge in [-0.2, -0.15) is 11.8 Å². The fourth-order valence-corrected chi connectivity index (χ4v) is 4.13. The van der Waals surface area contributed by atoms with Crippen LogP contribution in [0.25, 0.3) is 0 Å². The van der Waals surface area contributed by atoms with Crippen LogP contribution in [-0.2, 0) is 4.79 Å². The summed E-state index contributed by atoms with van der Waals surface area (Å²) in [5.74, 6) is 0.678. The molecule has 6 heteroatoms. The van der Waals surface area contributed by atoms with Crippen LogP contribution in [0, 0.1) is 0 Å². The number of thioether (sulfide) groups is 1. The van der Waals surface area contributed by atoms with Crippen molar-refractivity contribution in [1.29, 1.82) is 0 Å². The quantitative estimate of drug-likeness (QED) is 0.837. The van der Waals surface area contributed by atoms with Gasteiger partial charge in [-0.05, 0) is 19.1 Å². The Labute approximate surface area is 127 Å². The number of carbonyl (C=O) groups is 1. The Balaban J connectivity index is 1.99. The van der Waals surface area contributed by atoms with E-state index in [2.05, 4.69) is 24.1 Å². The molecule has 3 rings (SSSR count). The van der Waals surface area contributed by atoms with Gasteiger partial charge < -0.3 is 15.3 Å². The number of hydrogen-bond acceptors (Lipinski definition) is 4. The summed E-state index contributed by atoms with van der Waals surface area (Å²) in [5.41, 5.74) is 2.16. The summed E-state index contributed by atoms with van der Waals surface area (Å²) in [6.45, 7) is 5.34. The van der Waals surface area contributed by atoms with Crippen molar-refractivity contribution in [3.05, 3.63) is 22.7 Å². The number of carbonyl (C=O) groups excluding carboxylic acids is 1. The Hall–Kier alpha value is -0.910. The van der Waals surface area contributed by atoms with Crippen molar-refractivity contribution in [3.63, 3.8) is 0 Å². The molecule has 1 aromatic carbocycles. The van der Waals surface area contributed by atoms with Crippen LogP contribution in [0.1, 0.15) is 25.5 Å². The van der Waals surface area contributed by atoms with Crippen LogP contribution in [0.3, 0.4) is 0 Å². The standard InChI is InChI=1S/C14H17ClN2O2S/c1-7-8(2)20-4-3-17(7)12-6-11-9(5-10(12)15)13(18)14(19)16-11/h5-8,13,18H,3-4H2,1-2H3,(H,16,19).